The van der Waals surface area contributed by atoms with Gasteiger partial charge in [0.25, 0.3) is 0 Å². The molecule has 31 heavy (non-hydrogen) atoms. The van der Waals surface area contributed by atoms with E-state index < -0.39 is 48.0 Å². The van der Waals surface area contributed by atoms with Gasteiger partial charge in [0.2, 0.25) is 5.91 Å². The zero-order chi connectivity index (χ0) is 23.8. The van der Waals surface area contributed by atoms with Gasteiger partial charge in [-0.05, 0) is 46.6 Å². The number of carbonyl (C=O) groups excluding carboxylic acids is 3. The van der Waals surface area contributed by atoms with Gasteiger partial charge in [-0.25, -0.2) is 9.59 Å². The maximum Gasteiger partial charge on any atom is 0.408 e. The average molecular weight is 448 g/mol. The molecule has 1 aliphatic heterocycles. The van der Waals surface area contributed by atoms with Gasteiger partial charge in [-0.3, -0.25) is 9.69 Å². The first-order valence-electron chi connectivity index (χ1n) is 10.4. The minimum atomic E-state index is -1.22. The van der Waals surface area contributed by atoms with E-state index in [9.17, 15) is 29.7 Å². The van der Waals surface area contributed by atoms with Gasteiger partial charge in [0, 0.05) is 13.5 Å². The van der Waals surface area contributed by atoms with Crippen LogP contribution in [0.2, 0.25) is 0 Å². The van der Waals surface area contributed by atoms with Crippen LogP contribution in [0.15, 0.2) is 0 Å². The Morgan fingerprint density at radius 2 is 1.81 bits per heavy atom. The molecule has 0 aromatic rings. The van der Waals surface area contributed by atoms with Crippen LogP contribution < -0.4 is 10.6 Å². The van der Waals surface area contributed by atoms with Gasteiger partial charge in [-0.1, -0.05) is 0 Å². The quantitative estimate of drug-likeness (QED) is 0.224. The van der Waals surface area contributed by atoms with Gasteiger partial charge < -0.3 is 35.4 Å². The van der Waals surface area contributed by atoms with Crippen molar-refractivity contribution in [3.63, 3.8) is 0 Å². The Labute approximate surface area is 183 Å². The number of ether oxygens (including phenoxy) is 2. The Morgan fingerprint density at radius 1 is 1.16 bits per heavy atom. The fraction of sp³-hybridized carbons (Fsp3) is 0.850. The van der Waals surface area contributed by atoms with Gasteiger partial charge in [-0.2, -0.15) is 0 Å². The highest BCUT2D eigenvalue weighted by atomic mass is 16.6. The van der Waals surface area contributed by atoms with Crippen molar-refractivity contribution in [3.8, 4) is 0 Å². The molecule has 11 nitrogen and oxygen atoms in total. The summed E-state index contributed by atoms with van der Waals surface area (Å²) in [5, 5.41) is 35.3. The Morgan fingerprint density at radius 3 is 2.32 bits per heavy atom. The zero-order valence-corrected chi connectivity index (χ0v) is 19.0. The molecule has 0 spiro atoms. The number of esters is 1. The molecular weight excluding hydrogens is 410 g/mol. The molecule has 0 aromatic heterocycles. The number of nitrogens with zero attached hydrogens (tertiary/aromatic N) is 1. The third kappa shape index (κ3) is 8.98. The van der Waals surface area contributed by atoms with Crippen LogP contribution in [-0.2, 0) is 19.1 Å². The van der Waals surface area contributed by atoms with E-state index in [2.05, 4.69) is 10.6 Å². The number of unbranched alkanes of at least 4 members (excludes halogenated alkanes) is 1. The van der Waals surface area contributed by atoms with Crippen molar-refractivity contribution in [3.05, 3.63) is 0 Å². The van der Waals surface area contributed by atoms with Crippen molar-refractivity contribution in [2.45, 2.75) is 82.9 Å². The van der Waals surface area contributed by atoms with Gasteiger partial charge >= 0.3 is 12.1 Å². The smallest absolute Gasteiger partial charge is 0.408 e. The van der Waals surface area contributed by atoms with Crippen LogP contribution in [0, 0.1) is 0 Å². The van der Waals surface area contributed by atoms with E-state index >= 15 is 0 Å². The molecule has 0 saturated carbocycles. The van der Waals surface area contributed by atoms with Crippen molar-refractivity contribution < 1.29 is 39.2 Å². The summed E-state index contributed by atoms with van der Waals surface area (Å²) < 4.78 is 9.93. The molecule has 11 heteroatoms. The number of aliphatic hydroxyl groups is 3. The molecule has 1 aliphatic rings. The highest BCUT2D eigenvalue weighted by Gasteiger charge is 2.41. The molecule has 1 saturated heterocycles. The number of rotatable bonds is 9. The van der Waals surface area contributed by atoms with Crippen LogP contribution in [0.5, 0.6) is 0 Å². The standard InChI is InChI=1S/C20H37N3O8/c1-12(25)21-14-10-23(15(11-24)17(27)16(14)26)9-7-6-8-13(18(28)30-5)22-19(29)31-20(2,3)4/h13-17,24,26-27H,6-11H2,1-5H3,(H,21,25)(H,22,29)/t13-,14-,15+,16+,17+/m0/s1. The van der Waals surface area contributed by atoms with Gasteiger partial charge in [0.1, 0.15) is 17.7 Å². The third-order valence-corrected chi connectivity index (χ3v) is 5.00. The average Bonchev–Trinajstić information content (AvgIpc) is 2.65. The molecule has 0 aromatic carbocycles. The number of aliphatic hydroxyl groups excluding tert-OH is 3. The van der Waals surface area contributed by atoms with Gasteiger partial charge in [0.15, 0.2) is 0 Å². The number of carbonyl (C=O) groups is 3. The summed E-state index contributed by atoms with van der Waals surface area (Å²) in [6, 6.07) is -2.20. The highest BCUT2D eigenvalue weighted by Crippen LogP contribution is 2.20. The molecule has 0 radical (unpaired) electrons. The summed E-state index contributed by atoms with van der Waals surface area (Å²) in [4.78, 5) is 37.1. The Hall–Kier alpha value is -1.95. The van der Waals surface area contributed by atoms with E-state index in [-0.39, 0.29) is 19.1 Å². The highest BCUT2D eigenvalue weighted by molar-refractivity contribution is 5.81. The molecule has 0 bridgehead atoms. The summed E-state index contributed by atoms with van der Waals surface area (Å²) in [6.07, 6.45) is -1.69. The van der Waals surface area contributed by atoms with E-state index in [1.165, 1.54) is 14.0 Å². The fourth-order valence-corrected chi connectivity index (χ4v) is 3.55. The topological polar surface area (TPSA) is 158 Å². The summed E-state index contributed by atoms with van der Waals surface area (Å²) in [5.41, 5.74) is -0.700. The maximum absolute atomic E-state index is 12.0. The van der Waals surface area contributed by atoms with E-state index in [0.29, 0.717) is 25.8 Å². The number of piperidine rings is 1. The van der Waals surface area contributed by atoms with Crippen LogP contribution in [-0.4, -0.2) is 101 Å². The third-order valence-electron chi connectivity index (χ3n) is 5.00. The SMILES string of the molecule is COC(=O)[C@H](CCCCN1C[C@H](NC(C)=O)[C@@H](O)[C@H](O)[C@H]1CO)NC(=O)OC(C)(C)C. The summed E-state index contributed by atoms with van der Waals surface area (Å²) in [5.74, 6) is -0.908. The van der Waals surface area contributed by atoms with Crippen LogP contribution >= 0.6 is 0 Å². The van der Waals surface area contributed by atoms with E-state index in [1.54, 1.807) is 25.7 Å². The maximum atomic E-state index is 12.0. The molecule has 0 unspecified atom stereocenters. The van der Waals surface area contributed by atoms with Crippen molar-refractivity contribution >= 4 is 18.0 Å². The number of hydrogen-bond acceptors (Lipinski definition) is 9. The van der Waals surface area contributed by atoms with E-state index in [0.717, 1.165) is 0 Å². The molecule has 2 amide bonds. The molecule has 1 rings (SSSR count). The first-order valence-corrected chi connectivity index (χ1v) is 10.4. The second-order valence-corrected chi connectivity index (χ2v) is 8.75. The van der Waals surface area contributed by atoms with Gasteiger partial charge in [-0.15, -0.1) is 0 Å². The van der Waals surface area contributed by atoms with Gasteiger partial charge in [0.05, 0.1) is 31.9 Å². The number of alkyl carbamates (subject to hydrolysis) is 1. The van der Waals surface area contributed by atoms with E-state index in [1.807, 2.05) is 0 Å². The molecule has 5 N–H and O–H groups in total. The Kier molecular flexibility index (Phi) is 10.6. The molecule has 5 atom stereocenters. The minimum Gasteiger partial charge on any atom is -0.467 e. The monoisotopic (exact) mass is 447 g/mol. The largest absolute Gasteiger partial charge is 0.467 e. The lowest BCUT2D eigenvalue weighted by molar-refractivity contribution is -0.143. The number of nitrogens with one attached hydrogen (secondary N) is 2. The predicted molar refractivity (Wildman–Crippen MR) is 111 cm³/mol. The molecule has 1 heterocycles. The van der Waals surface area contributed by atoms with Crippen LogP contribution in [0.3, 0.4) is 0 Å². The van der Waals surface area contributed by atoms with Crippen LogP contribution in [0.1, 0.15) is 47.0 Å². The molecule has 0 aliphatic carbocycles. The lowest BCUT2D eigenvalue weighted by atomic mass is 9.92. The molecular formula is C20H37N3O8. The number of methoxy groups -OCH3 is 1. The second-order valence-electron chi connectivity index (χ2n) is 8.75. The van der Waals surface area contributed by atoms with Crippen molar-refractivity contribution in [2.75, 3.05) is 26.8 Å². The predicted octanol–water partition coefficient (Wildman–Crippen LogP) is -0.874. The van der Waals surface area contributed by atoms with Crippen molar-refractivity contribution in [1.82, 2.24) is 15.5 Å². The van der Waals surface area contributed by atoms with Crippen molar-refractivity contribution in [1.29, 1.82) is 0 Å². The zero-order valence-electron chi connectivity index (χ0n) is 19.0. The molecule has 1 fully saturated rings. The summed E-state index contributed by atoms with van der Waals surface area (Å²) in [7, 11) is 1.24. The Balaban J connectivity index is 2.63. The first kappa shape index (κ1) is 27.1. The number of amides is 2. The van der Waals surface area contributed by atoms with Crippen LogP contribution in [0.25, 0.3) is 0 Å². The summed E-state index contributed by atoms with van der Waals surface area (Å²) >= 11 is 0. The van der Waals surface area contributed by atoms with Crippen molar-refractivity contribution in [2.24, 2.45) is 0 Å². The first-order chi connectivity index (χ1) is 14.4. The number of likely N-dealkylation sites (tertiary alicyclic amines) is 1. The van der Waals surface area contributed by atoms with Crippen LogP contribution in [0.4, 0.5) is 4.79 Å². The molecule has 180 valence electrons. The normalized spacial score (nSPS) is 25.4. The minimum absolute atomic E-state index is 0.264. The second kappa shape index (κ2) is 12.2. The lowest BCUT2D eigenvalue weighted by Gasteiger charge is -2.45. The number of hydrogen-bond donors (Lipinski definition) is 5. The van der Waals surface area contributed by atoms with E-state index in [4.69, 9.17) is 9.47 Å². The summed E-state index contributed by atoms with van der Waals surface area (Å²) in [6.45, 7) is 6.84. The fourth-order valence-electron chi connectivity index (χ4n) is 3.55. The Bertz CT molecular complexity index is 610. The lowest BCUT2D eigenvalue weighted by Crippen LogP contribution is -2.66.